The van der Waals surface area contributed by atoms with E-state index in [2.05, 4.69) is 27.4 Å². The third kappa shape index (κ3) is 4.16. The van der Waals surface area contributed by atoms with E-state index in [1.807, 2.05) is 24.3 Å². The number of hydrazone groups is 1. The predicted molar refractivity (Wildman–Crippen MR) is 94.8 cm³/mol. The molecule has 0 saturated heterocycles. The number of nitrogens with zero attached hydrogens (tertiary/aromatic N) is 2. The molecule has 0 saturated carbocycles. The molecule has 0 amide bonds. The van der Waals surface area contributed by atoms with Gasteiger partial charge >= 0.3 is 0 Å². The molecule has 0 aliphatic carbocycles. The third-order valence-electron chi connectivity index (χ3n) is 2.78. The molecule has 1 heterocycles. The minimum Gasteiger partial charge on any atom is -0.497 e. The Balaban J connectivity index is 2.16. The number of nitrogens with one attached hydrogen (secondary N) is 2. The second-order valence-corrected chi connectivity index (χ2v) is 5.06. The Bertz CT molecular complexity index is 733. The van der Waals surface area contributed by atoms with Gasteiger partial charge in [0.05, 0.1) is 18.8 Å². The van der Waals surface area contributed by atoms with Crippen LogP contribution >= 0.6 is 23.8 Å². The van der Waals surface area contributed by atoms with Crippen molar-refractivity contribution < 1.29 is 4.74 Å². The van der Waals surface area contributed by atoms with Gasteiger partial charge in [0.2, 0.25) is 0 Å². The van der Waals surface area contributed by atoms with Crippen LogP contribution in [0.25, 0.3) is 10.9 Å². The summed E-state index contributed by atoms with van der Waals surface area (Å²) in [6.45, 7) is 4.16. The summed E-state index contributed by atoms with van der Waals surface area (Å²) < 4.78 is 5.17. The van der Waals surface area contributed by atoms with E-state index in [0.29, 0.717) is 22.4 Å². The van der Waals surface area contributed by atoms with Crippen molar-refractivity contribution >= 4 is 46.0 Å². The fraction of sp³-hybridized carbons (Fsp3) is 0.133. The highest BCUT2D eigenvalue weighted by Gasteiger charge is 2.04. The standard InChI is InChI=1S/C15H15ClN4OS/c1-3-6-17-15(22)20-18-9-11-7-10-4-5-12(21-2)8-13(10)19-14(11)16/h3-5,7-9H,1,6H2,2H3,(H2,17,20,22)/b18-9+. The third-order valence-corrected chi connectivity index (χ3v) is 3.32. The number of aromatic nitrogens is 1. The van der Waals surface area contributed by atoms with E-state index >= 15 is 0 Å². The summed E-state index contributed by atoms with van der Waals surface area (Å²) in [6, 6.07) is 7.51. The number of methoxy groups -OCH3 is 1. The largest absolute Gasteiger partial charge is 0.497 e. The van der Waals surface area contributed by atoms with Gasteiger partial charge in [0.1, 0.15) is 10.9 Å². The van der Waals surface area contributed by atoms with E-state index in [1.54, 1.807) is 19.4 Å². The SMILES string of the molecule is C=CCNC(=S)N/N=C/c1cc2ccc(OC)cc2nc1Cl. The first-order valence-corrected chi connectivity index (χ1v) is 7.24. The second kappa shape index (κ2) is 7.72. The quantitative estimate of drug-likeness (QED) is 0.289. The molecule has 0 atom stereocenters. The average Bonchev–Trinajstić information content (AvgIpc) is 2.52. The molecule has 2 N–H and O–H groups in total. The fourth-order valence-electron chi connectivity index (χ4n) is 1.72. The summed E-state index contributed by atoms with van der Waals surface area (Å²) in [5.41, 5.74) is 4.15. The Kier molecular flexibility index (Phi) is 5.68. The van der Waals surface area contributed by atoms with Crippen molar-refractivity contribution in [2.24, 2.45) is 5.10 Å². The monoisotopic (exact) mass is 334 g/mol. The first-order chi connectivity index (χ1) is 10.6. The van der Waals surface area contributed by atoms with E-state index < -0.39 is 0 Å². The predicted octanol–water partition coefficient (Wildman–Crippen LogP) is 2.88. The van der Waals surface area contributed by atoms with Crippen LogP contribution in [0.5, 0.6) is 5.75 Å². The molecule has 5 nitrogen and oxygen atoms in total. The van der Waals surface area contributed by atoms with E-state index in [1.165, 1.54) is 0 Å². The smallest absolute Gasteiger partial charge is 0.187 e. The molecule has 7 heteroatoms. The first kappa shape index (κ1) is 16.2. The molecule has 22 heavy (non-hydrogen) atoms. The lowest BCUT2D eigenvalue weighted by Gasteiger charge is -2.05. The van der Waals surface area contributed by atoms with Crippen LogP contribution < -0.4 is 15.5 Å². The van der Waals surface area contributed by atoms with Gasteiger partial charge in [-0.05, 0) is 30.4 Å². The summed E-state index contributed by atoms with van der Waals surface area (Å²) in [4.78, 5) is 4.34. The van der Waals surface area contributed by atoms with Crippen molar-refractivity contribution in [2.75, 3.05) is 13.7 Å². The van der Waals surface area contributed by atoms with Gasteiger partial charge in [0.15, 0.2) is 5.11 Å². The lowest BCUT2D eigenvalue weighted by Crippen LogP contribution is -2.31. The Morgan fingerprint density at radius 1 is 1.50 bits per heavy atom. The van der Waals surface area contributed by atoms with E-state index in [-0.39, 0.29) is 0 Å². The summed E-state index contributed by atoms with van der Waals surface area (Å²) in [7, 11) is 1.61. The molecule has 0 aliphatic rings. The Morgan fingerprint density at radius 2 is 2.32 bits per heavy atom. The van der Waals surface area contributed by atoms with Crippen molar-refractivity contribution in [2.45, 2.75) is 0 Å². The zero-order valence-corrected chi connectivity index (χ0v) is 13.5. The number of hydrogen-bond acceptors (Lipinski definition) is 4. The number of thiocarbonyl (C=S) groups is 1. The van der Waals surface area contributed by atoms with Crippen LogP contribution in [0.2, 0.25) is 5.15 Å². The Morgan fingerprint density at radius 3 is 3.05 bits per heavy atom. The van der Waals surface area contributed by atoms with Crippen molar-refractivity contribution in [3.63, 3.8) is 0 Å². The van der Waals surface area contributed by atoms with Crippen LogP contribution in [0.1, 0.15) is 5.56 Å². The van der Waals surface area contributed by atoms with Gasteiger partial charge in [-0.3, -0.25) is 5.43 Å². The molecule has 1 aromatic heterocycles. The Labute approximate surface area is 139 Å². The fourth-order valence-corrected chi connectivity index (χ4v) is 2.05. The number of rotatable bonds is 5. The average molecular weight is 335 g/mol. The van der Waals surface area contributed by atoms with Gasteiger partial charge in [-0.2, -0.15) is 5.10 Å². The van der Waals surface area contributed by atoms with E-state index in [4.69, 9.17) is 28.6 Å². The molecule has 0 radical (unpaired) electrons. The van der Waals surface area contributed by atoms with Crippen molar-refractivity contribution in [3.05, 3.63) is 47.6 Å². The van der Waals surface area contributed by atoms with Gasteiger partial charge in [-0.15, -0.1) is 6.58 Å². The maximum Gasteiger partial charge on any atom is 0.187 e. The van der Waals surface area contributed by atoms with Crippen molar-refractivity contribution in [1.82, 2.24) is 15.7 Å². The molecular weight excluding hydrogens is 320 g/mol. The van der Waals surface area contributed by atoms with Gasteiger partial charge < -0.3 is 10.1 Å². The second-order valence-electron chi connectivity index (χ2n) is 4.30. The molecule has 2 rings (SSSR count). The molecular formula is C15H15ClN4OS. The highest BCUT2D eigenvalue weighted by molar-refractivity contribution is 7.80. The molecule has 0 fully saturated rings. The zero-order chi connectivity index (χ0) is 15.9. The van der Waals surface area contributed by atoms with Crippen LogP contribution in [-0.4, -0.2) is 30.0 Å². The summed E-state index contributed by atoms with van der Waals surface area (Å²) in [5, 5.41) is 8.64. The summed E-state index contributed by atoms with van der Waals surface area (Å²) >= 11 is 11.2. The number of halogens is 1. The van der Waals surface area contributed by atoms with E-state index in [9.17, 15) is 0 Å². The summed E-state index contributed by atoms with van der Waals surface area (Å²) in [6.07, 6.45) is 3.27. The van der Waals surface area contributed by atoms with Crippen molar-refractivity contribution in [1.29, 1.82) is 0 Å². The topological polar surface area (TPSA) is 58.5 Å². The number of fused-ring (bicyclic) bond motifs is 1. The lowest BCUT2D eigenvalue weighted by molar-refractivity contribution is 0.415. The summed E-state index contributed by atoms with van der Waals surface area (Å²) in [5.74, 6) is 0.734. The highest BCUT2D eigenvalue weighted by atomic mass is 35.5. The molecule has 0 unspecified atom stereocenters. The van der Waals surface area contributed by atoms with Gasteiger partial charge in [-0.25, -0.2) is 4.98 Å². The van der Waals surface area contributed by atoms with E-state index in [0.717, 1.165) is 16.7 Å². The normalized spacial score (nSPS) is 10.6. The number of ether oxygens (including phenoxy) is 1. The van der Waals surface area contributed by atoms with Gasteiger partial charge in [0.25, 0.3) is 0 Å². The van der Waals surface area contributed by atoms with Crippen LogP contribution in [0.15, 0.2) is 42.0 Å². The maximum atomic E-state index is 6.16. The lowest BCUT2D eigenvalue weighted by atomic mass is 10.1. The number of pyridine rings is 1. The minimum absolute atomic E-state index is 0.358. The number of hydrogen-bond donors (Lipinski definition) is 2. The van der Waals surface area contributed by atoms with Gasteiger partial charge in [-0.1, -0.05) is 17.7 Å². The zero-order valence-electron chi connectivity index (χ0n) is 12.0. The van der Waals surface area contributed by atoms with Crippen LogP contribution in [0.4, 0.5) is 0 Å². The van der Waals surface area contributed by atoms with Crippen LogP contribution in [0, 0.1) is 0 Å². The van der Waals surface area contributed by atoms with Crippen LogP contribution in [0.3, 0.4) is 0 Å². The van der Waals surface area contributed by atoms with Crippen molar-refractivity contribution in [3.8, 4) is 5.75 Å². The number of benzene rings is 1. The Hall–Kier alpha value is -2.18. The molecule has 114 valence electrons. The maximum absolute atomic E-state index is 6.16. The molecule has 2 aromatic rings. The molecule has 1 aromatic carbocycles. The molecule has 0 bridgehead atoms. The molecule has 0 spiro atoms. The van der Waals surface area contributed by atoms with Gasteiger partial charge in [0, 0.05) is 23.6 Å². The minimum atomic E-state index is 0.358. The highest BCUT2D eigenvalue weighted by Crippen LogP contribution is 2.23. The van der Waals surface area contributed by atoms with Crippen LogP contribution in [-0.2, 0) is 0 Å². The first-order valence-electron chi connectivity index (χ1n) is 6.46. The molecule has 0 aliphatic heterocycles.